The van der Waals surface area contributed by atoms with E-state index in [-0.39, 0.29) is 0 Å². The third-order valence-corrected chi connectivity index (χ3v) is 2.30. The molecule has 0 N–H and O–H groups in total. The maximum Gasteiger partial charge on any atom is 0.118 e. The number of hydrogen-bond acceptors (Lipinski definition) is 1. The van der Waals surface area contributed by atoms with Crippen LogP contribution in [0, 0.1) is 0 Å². The average molecular weight is 306 g/mol. The molecule has 0 aromatic heterocycles. The molecule has 1 nitrogen and oxygen atoms in total. The first-order valence-electron chi connectivity index (χ1n) is 3.86. The predicted octanol–water partition coefficient (Wildman–Crippen LogP) is 3.87. The summed E-state index contributed by atoms with van der Waals surface area (Å²) in [5.41, 5.74) is 1.26. The maximum atomic E-state index is 5.06. The van der Waals surface area contributed by atoms with E-state index in [1.807, 2.05) is 12.1 Å². The second-order valence-electron chi connectivity index (χ2n) is 2.55. The molecule has 0 atom stereocenters. The van der Waals surface area contributed by atoms with Crippen molar-refractivity contribution in [2.75, 3.05) is 7.11 Å². The molecule has 0 saturated heterocycles. The van der Waals surface area contributed by atoms with E-state index in [1.54, 1.807) is 7.11 Å². The summed E-state index contributed by atoms with van der Waals surface area (Å²) >= 11 is 6.63. The van der Waals surface area contributed by atoms with E-state index < -0.39 is 0 Å². The summed E-state index contributed by atoms with van der Waals surface area (Å²) in [7, 11) is 1.67. The number of hydrogen-bond donors (Lipinski definition) is 0. The summed E-state index contributed by atoms with van der Waals surface area (Å²) in [6, 6.07) is 8.03. The Balaban J connectivity index is 2.64. The third kappa shape index (κ3) is 3.96. The second kappa shape index (κ2) is 5.45. The Hall–Kier alpha value is -0.280. The molecule has 0 spiro atoms. The van der Waals surface area contributed by atoms with Gasteiger partial charge in [0.1, 0.15) is 5.75 Å². The van der Waals surface area contributed by atoms with Crippen molar-refractivity contribution < 1.29 is 4.74 Å². The smallest absolute Gasteiger partial charge is 0.118 e. The normalized spacial score (nSPS) is 9.46. The van der Waals surface area contributed by atoms with Gasteiger partial charge in [0.15, 0.2) is 0 Å². The number of ether oxygens (including phenoxy) is 1. The topological polar surface area (TPSA) is 9.23 Å². The van der Waals surface area contributed by atoms with Crippen LogP contribution in [0.3, 0.4) is 0 Å². The van der Waals surface area contributed by atoms with Gasteiger partial charge in [-0.25, -0.2) is 0 Å². The van der Waals surface area contributed by atoms with Crippen molar-refractivity contribution in [2.24, 2.45) is 0 Å². The lowest BCUT2D eigenvalue weighted by Crippen LogP contribution is -1.84. The maximum absolute atomic E-state index is 5.06. The Morgan fingerprint density at radius 1 is 1.31 bits per heavy atom. The Morgan fingerprint density at radius 3 is 2.38 bits per heavy atom. The Morgan fingerprint density at radius 2 is 1.92 bits per heavy atom. The molecular formula is C10H10Br2O. The number of benzene rings is 1. The van der Waals surface area contributed by atoms with Crippen LogP contribution in [0.5, 0.6) is 5.75 Å². The lowest BCUT2D eigenvalue weighted by molar-refractivity contribution is 0.414. The van der Waals surface area contributed by atoms with Crippen LogP contribution in [0.4, 0.5) is 0 Å². The summed E-state index contributed by atoms with van der Waals surface area (Å²) in [6.45, 7) is 0. The first-order chi connectivity index (χ1) is 6.22. The van der Waals surface area contributed by atoms with Gasteiger partial charge in [-0.15, -0.1) is 0 Å². The van der Waals surface area contributed by atoms with Crippen LogP contribution < -0.4 is 4.74 Å². The average Bonchev–Trinajstić information content (AvgIpc) is 2.15. The highest BCUT2D eigenvalue weighted by Crippen LogP contribution is 2.16. The molecule has 0 unspecified atom stereocenters. The molecule has 0 aliphatic rings. The number of halogens is 2. The van der Waals surface area contributed by atoms with Crippen molar-refractivity contribution in [1.82, 2.24) is 0 Å². The van der Waals surface area contributed by atoms with Gasteiger partial charge in [-0.3, -0.25) is 0 Å². The molecule has 3 heteroatoms. The van der Waals surface area contributed by atoms with E-state index in [9.17, 15) is 0 Å². The minimum Gasteiger partial charge on any atom is -0.497 e. The molecule has 0 heterocycles. The first-order valence-corrected chi connectivity index (χ1v) is 5.45. The van der Waals surface area contributed by atoms with Crippen LogP contribution in [0.15, 0.2) is 33.7 Å². The standard InChI is InChI=1S/C10H10Br2O/c1-13-9-5-2-8(3-6-9)4-7-10(11)12/h2-3,5-7H,4H2,1H3. The van der Waals surface area contributed by atoms with E-state index in [1.165, 1.54) is 5.56 Å². The summed E-state index contributed by atoms with van der Waals surface area (Å²) in [4.78, 5) is 0. The molecule has 1 rings (SSSR count). The molecule has 1 aromatic rings. The van der Waals surface area contributed by atoms with Crippen LogP contribution in [0.25, 0.3) is 0 Å². The minimum atomic E-state index is 0.894. The number of rotatable bonds is 3. The van der Waals surface area contributed by atoms with Gasteiger partial charge in [0.2, 0.25) is 0 Å². The molecule has 0 bridgehead atoms. The van der Waals surface area contributed by atoms with Crippen molar-refractivity contribution in [1.29, 1.82) is 0 Å². The largest absolute Gasteiger partial charge is 0.497 e. The molecule has 0 radical (unpaired) electrons. The zero-order valence-electron chi connectivity index (χ0n) is 7.26. The second-order valence-corrected chi connectivity index (χ2v) is 5.32. The van der Waals surface area contributed by atoms with Crippen molar-refractivity contribution in [2.45, 2.75) is 6.42 Å². The van der Waals surface area contributed by atoms with Gasteiger partial charge in [0.05, 0.1) is 10.5 Å². The van der Waals surface area contributed by atoms with Gasteiger partial charge in [-0.2, -0.15) is 0 Å². The molecular weight excluding hydrogens is 296 g/mol. The fourth-order valence-corrected chi connectivity index (χ4v) is 1.28. The summed E-state index contributed by atoms with van der Waals surface area (Å²) in [5, 5.41) is 0. The van der Waals surface area contributed by atoms with Crippen molar-refractivity contribution >= 4 is 31.9 Å². The lowest BCUT2D eigenvalue weighted by Gasteiger charge is -2.00. The fourth-order valence-electron chi connectivity index (χ4n) is 0.957. The van der Waals surface area contributed by atoms with Gasteiger partial charge < -0.3 is 4.74 Å². The molecule has 0 amide bonds. The summed E-state index contributed by atoms with van der Waals surface area (Å²) in [5.74, 6) is 0.894. The molecule has 0 fully saturated rings. The lowest BCUT2D eigenvalue weighted by atomic mass is 10.1. The van der Waals surface area contributed by atoms with Crippen LogP contribution in [0.1, 0.15) is 5.56 Å². The molecule has 0 aliphatic heterocycles. The summed E-state index contributed by atoms with van der Waals surface area (Å²) < 4.78 is 6.04. The zero-order chi connectivity index (χ0) is 9.68. The highest BCUT2D eigenvalue weighted by atomic mass is 79.9. The highest BCUT2D eigenvalue weighted by Gasteiger charge is 1.92. The van der Waals surface area contributed by atoms with Crippen molar-refractivity contribution in [3.63, 3.8) is 0 Å². The van der Waals surface area contributed by atoms with E-state index in [2.05, 4.69) is 50.1 Å². The number of allylic oxidation sites excluding steroid dienone is 1. The van der Waals surface area contributed by atoms with Crippen LogP contribution in [-0.4, -0.2) is 7.11 Å². The molecule has 1 aromatic carbocycles. The summed E-state index contributed by atoms with van der Waals surface area (Å²) in [6.07, 6.45) is 2.97. The monoisotopic (exact) mass is 304 g/mol. The zero-order valence-corrected chi connectivity index (χ0v) is 10.4. The Labute approximate surface area is 95.1 Å². The molecule has 13 heavy (non-hydrogen) atoms. The van der Waals surface area contributed by atoms with E-state index >= 15 is 0 Å². The predicted molar refractivity (Wildman–Crippen MR) is 62.6 cm³/mol. The van der Waals surface area contributed by atoms with Crippen molar-refractivity contribution in [3.8, 4) is 5.75 Å². The third-order valence-electron chi connectivity index (χ3n) is 1.65. The Bertz CT molecular complexity index is 286. The SMILES string of the molecule is COc1ccc(CC=C(Br)Br)cc1. The Kier molecular flexibility index (Phi) is 4.53. The molecule has 70 valence electrons. The molecule has 0 aliphatic carbocycles. The van der Waals surface area contributed by atoms with Crippen molar-refractivity contribution in [3.05, 3.63) is 39.3 Å². The molecule has 0 saturated carbocycles. The van der Waals surface area contributed by atoms with Crippen LogP contribution in [0.2, 0.25) is 0 Å². The van der Waals surface area contributed by atoms with E-state index in [0.29, 0.717) is 0 Å². The highest BCUT2D eigenvalue weighted by molar-refractivity contribution is 9.28. The van der Waals surface area contributed by atoms with Gasteiger partial charge in [-0.05, 0) is 56.0 Å². The van der Waals surface area contributed by atoms with E-state index in [0.717, 1.165) is 15.6 Å². The number of methoxy groups -OCH3 is 1. The van der Waals surface area contributed by atoms with Crippen LogP contribution >= 0.6 is 31.9 Å². The van der Waals surface area contributed by atoms with Gasteiger partial charge in [-0.1, -0.05) is 18.2 Å². The first kappa shape index (κ1) is 10.8. The fraction of sp³-hybridized carbons (Fsp3) is 0.200. The van der Waals surface area contributed by atoms with Gasteiger partial charge in [0.25, 0.3) is 0 Å². The van der Waals surface area contributed by atoms with Gasteiger partial charge >= 0.3 is 0 Å². The van der Waals surface area contributed by atoms with Gasteiger partial charge in [0, 0.05) is 0 Å². The minimum absolute atomic E-state index is 0.894. The van der Waals surface area contributed by atoms with E-state index in [4.69, 9.17) is 4.74 Å². The quantitative estimate of drug-likeness (QED) is 0.824. The van der Waals surface area contributed by atoms with Crippen LogP contribution in [-0.2, 0) is 6.42 Å².